The molecule has 0 aliphatic carbocycles. The van der Waals surface area contributed by atoms with Gasteiger partial charge in [0.1, 0.15) is 0 Å². The summed E-state index contributed by atoms with van der Waals surface area (Å²) in [5.41, 5.74) is 0.546. The average molecular weight is 375 g/mol. The van der Waals surface area contributed by atoms with Crippen molar-refractivity contribution in [1.82, 2.24) is 15.5 Å². The molecule has 1 N–H and O–H groups in total. The number of aromatic nitrogens is 2. The first-order valence-corrected chi connectivity index (χ1v) is 6.67. The molecule has 94 valence electrons. The minimum Gasteiger partial charge on any atom is -0.345 e. The molecule has 0 spiro atoms. The van der Waals surface area contributed by atoms with E-state index in [1.807, 2.05) is 6.07 Å². The van der Waals surface area contributed by atoms with E-state index >= 15 is 0 Å². The van der Waals surface area contributed by atoms with Crippen LogP contribution in [0.15, 0.2) is 31.7 Å². The van der Waals surface area contributed by atoms with Gasteiger partial charge in [0.25, 0.3) is 5.91 Å². The Labute approximate surface area is 120 Å². The molecule has 1 aromatic heterocycles. The van der Waals surface area contributed by atoms with E-state index in [-0.39, 0.29) is 12.5 Å². The molecule has 0 aliphatic rings. The summed E-state index contributed by atoms with van der Waals surface area (Å²) < 4.78 is 6.38. The molecular formula is C11H9Br2N3O2. The molecule has 0 saturated carbocycles. The topological polar surface area (TPSA) is 68.0 Å². The SMILES string of the molecule is Cc1nc(CNC(=O)c2cc(Br)ccc2Br)no1. The third-order valence-corrected chi connectivity index (χ3v) is 3.33. The highest BCUT2D eigenvalue weighted by molar-refractivity contribution is 9.11. The molecule has 2 rings (SSSR count). The van der Waals surface area contributed by atoms with Crippen molar-refractivity contribution in [2.24, 2.45) is 0 Å². The number of amides is 1. The van der Waals surface area contributed by atoms with Gasteiger partial charge in [-0.25, -0.2) is 0 Å². The highest BCUT2D eigenvalue weighted by Crippen LogP contribution is 2.21. The van der Waals surface area contributed by atoms with Crippen LogP contribution in [0.5, 0.6) is 0 Å². The van der Waals surface area contributed by atoms with Crippen LogP contribution in [0.4, 0.5) is 0 Å². The summed E-state index contributed by atoms with van der Waals surface area (Å²) >= 11 is 6.65. The molecule has 0 saturated heterocycles. The number of carbonyl (C=O) groups is 1. The van der Waals surface area contributed by atoms with Gasteiger partial charge in [0.05, 0.1) is 12.1 Å². The predicted octanol–water partition coefficient (Wildman–Crippen LogP) is 2.83. The maximum atomic E-state index is 11.9. The molecule has 0 fully saturated rings. The van der Waals surface area contributed by atoms with Crippen molar-refractivity contribution in [2.75, 3.05) is 0 Å². The minimum atomic E-state index is -0.203. The van der Waals surface area contributed by atoms with Gasteiger partial charge in [-0.15, -0.1) is 0 Å². The molecular weight excluding hydrogens is 366 g/mol. The van der Waals surface area contributed by atoms with E-state index < -0.39 is 0 Å². The van der Waals surface area contributed by atoms with Crippen molar-refractivity contribution >= 4 is 37.8 Å². The molecule has 0 radical (unpaired) electrons. The summed E-state index contributed by atoms with van der Waals surface area (Å²) in [4.78, 5) is 16.0. The molecule has 1 heterocycles. The number of rotatable bonds is 3. The van der Waals surface area contributed by atoms with Crippen LogP contribution in [0.2, 0.25) is 0 Å². The van der Waals surface area contributed by atoms with Crippen LogP contribution in [-0.2, 0) is 6.54 Å². The average Bonchev–Trinajstić information content (AvgIpc) is 2.75. The first-order chi connectivity index (χ1) is 8.56. The van der Waals surface area contributed by atoms with Crippen molar-refractivity contribution < 1.29 is 9.32 Å². The predicted molar refractivity (Wildman–Crippen MR) is 72.0 cm³/mol. The van der Waals surface area contributed by atoms with Gasteiger partial charge >= 0.3 is 0 Å². The molecule has 0 aliphatic heterocycles. The molecule has 1 aromatic carbocycles. The fourth-order valence-electron chi connectivity index (χ4n) is 1.34. The Hall–Kier alpha value is -1.21. The largest absolute Gasteiger partial charge is 0.345 e. The smallest absolute Gasteiger partial charge is 0.252 e. The zero-order valence-corrected chi connectivity index (χ0v) is 12.6. The van der Waals surface area contributed by atoms with Gasteiger partial charge in [-0.1, -0.05) is 21.1 Å². The number of nitrogens with one attached hydrogen (secondary N) is 1. The monoisotopic (exact) mass is 373 g/mol. The van der Waals surface area contributed by atoms with Crippen LogP contribution in [0, 0.1) is 6.92 Å². The van der Waals surface area contributed by atoms with Crippen LogP contribution in [0.25, 0.3) is 0 Å². The van der Waals surface area contributed by atoms with Gasteiger partial charge in [0, 0.05) is 15.9 Å². The molecule has 0 atom stereocenters. The first kappa shape index (κ1) is 13.2. The van der Waals surface area contributed by atoms with E-state index in [1.165, 1.54) is 0 Å². The summed E-state index contributed by atoms with van der Waals surface area (Å²) in [6.45, 7) is 1.93. The third kappa shape index (κ3) is 3.17. The minimum absolute atomic E-state index is 0.203. The van der Waals surface area contributed by atoms with Crippen molar-refractivity contribution in [3.05, 3.63) is 44.4 Å². The Morgan fingerprint density at radius 1 is 1.44 bits per heavy atom. The van der Waals surface area contributed by atoms with Gasteiger partial charge in [0.2, 0.25) is 5.89 Å². The van der Waals surface area contributed by atoms with E-state index in [1.54, 1.807) is 19.1 Å². The molecule has 1 amide bonds. The van der Waals surface area contributed by atoms with Crippen LogP contribution in [0.3, 0.4) is 0 Å². The van der Waals surface area contributed by atoms with E-state index in [9.17, 15) is 4.79 Å². The van der Waals surface area contributed by atoms with Crippen LogP contribution in [-0.4, -0.2) is 16.0 Å². The molecule has 18 heavy (non-hydrogen) atoms. The zero-order chi connectivity index (χ0) is 13.1. The van der Waals surface area contributed by atoms with Gasteiger partial charge in [-0.05, 0) is 34.1 Å². The lowest BCUT2D eigenvalue weighted by Gasteiger charge is -2.05. The van der Waals surface area contributed by atoms with Crippen LogP contribution < -0.4 is 5.32 Å². The molecule has 2 aromatic rings. The Bertz CT molecular complexity index is 583. The molecule has 0 unspecified atom stereocenters. The third-order valence-electron chi connectivity index (χ3n) is 2.15. The van der Waals surface area contributed by atoms with Crippen LogP contribution in [0.1, 0.15) is 22.1 Å². The van der Waals surface area contributed by atoms with Gasteiger partial charge in [-0.3, -0.25) is 4.79 Å². The van der Waals surface area contributed by atoms with Gasteiger partial charge < -0.3 is 9.84 Å². The van der Waals surface area contributed by atoms with Gasteiger partial charge in [-0.2, -0.15) is 4.98 Å². The Morgan fingerprint density at radius 3 is 2.89 bits per heavy atom. The number of benzene rings is 1. The fourth-order valence-corrected chi connectivity index (χ4v) is 2.13. The first-order valence-electron chi connectivity index (χ1n) is 5.08. The molecule has 0 bridgehead atoms. The second kappa shape index (κ2) is 5.62. The molecule has 5 nitrogen and oxygen atoms in total. The lowest BCUT2D eigenvalue weighted by Crippen LogP contribution is -2.23. The fraction of sp³-hybridized carbons (Fsp3) is 0.182. The standard InChI is InChI=1S/C11H9Br2N3O2/c1-6-15-10(16-18-6)5-14-11(17)8-4-7(12)2-3-9(8)13/h2-4H,5H2,1H3,(H,14,17). The zero-order valence-electron chi connectivity index (χ0n) is 9.41. The van der Waals surface area contributed by atoms with E-state index in [0.29, 0.717) is 17.3 Å². The summed E-state index contributed by atoms with van der Waals surface area (Å²) in [6, 6.07) is 5.39. The van der Waals surface area contributed by atoms with Crippen molar-refractivity contribution in [3.63, 3.8) is 0 Å². The summed E-state index contributed by atoms with van der Waals surface area (Å²) in [5, 5.41) is 6.42. The number of carbonyl (C=O) groups excluding carboxylic acids is 1. The van der Waals surface area contributed by atoms with Gasteiger partial charge in [0.15, 0.2) is 5.82 Å². The Balaban J connectivity index is 2.05. The number of nitrogens with zero attached hydrogens (tertiary/aromatic N) is 2. The highest BCUT2D eigenvalue weighted by Gasteiger charge is 2.11. The Morgan fingerprint density at radius 2 is 2.22 bits per heavy atom. The van der Waals surface area contributed by atoms with E-state index in [0.717, 1.165) is 8.95 Å². The second-order valence-corrected chi connectivity index (χ2v) is 5.31. The normalized spacial score (nSPS) is 10.4. The highest BCUT2D eigenvalue weighted by atomic mass is 79.9. The van der Waals surface area contributed by atoms with Crippen LogP contribution >= 0.6 is 31.9 Å². The Kier molecular flexibility index (Phi) is 4.13. The van der Waals surface area contributed by atoms with Crippen molar-refractivity contribution in [1.29, 1.82) is 0 Å². The number of hydrogen-bond acceptors (Lipinski definition) is 4. The van der Waals surface area contributed by atoms with E-state index in [2.05, 4.69) is 47.3 Å². The van der Waals surface area contributed by atoms with Crippen molar-refractivity contribution in [2.45, 2.75) is 13.5 Å². The quantitative estimate of drug-likeness (QED) is 0.896. The second-order valence-electron chi connectivity index (χ2n) is 3.54. The summed E-state index contributed by atoms with van der Waals surface area (Å²) in [5.74, 6) is 0.723. The van der Waals surface area contributed by atoms with Crippen molar-refractivity contribution in [3.8, 4) is 0 Å². The lowest BCUT2D eigenvalue weighted by atomic mass is 10.2. The number of aryl methyl sites for hydroxylation is 1. The maximum Gasteiger partial charge on any atom is 0.252 e. The summed E-state index contributed by atoms with van der Waals surface area (Å²) in [6.07, 6.45) is 0. The number of hydrogen-bond donors (Lipinski definition) is 1. The van der Waals surface area contributed by atoms with E-state index in [4.69, 9.17) is 4.52 Å². The lowest BCUT2D eigenvalue weighted by molar-refractivity contribution is 0.0949. The summed E-state index contributed by atoms with van der Waals surface area (Å²) in [7, 11) is 0. The maximum absolute atomic E-state index is 11.9. The molecule has 7 heteroatoms. The number of halogens is 2.